The van der Waals surface area contributed by atoms with E-state index in [4.69, 9.17) is 9.47 Å². The molecule has 46 heavy (non-hydrogen) atoms. The molecule has 0 amide bonds. The first-order valence-electron chi connectivity index (χ1n) is 17.2. The van der Waals surface area contributed by atoms with E-state index in [0.717, 1.165) is 22.8 Å². The van der Waals surface area contributed by atoms with Crippen molar-refractivity contribution in [2.45, 2.75) is 109 Å². The zero-order valence-corrected chi connectivity index (χ0v) is 31.8. The molecule has 0 spiro atoms. The molecule has 0 aliphatic heterocycles. The summed E-state index contributed by atoms with van der Waals surface area (Å²) in [7, 11) is 2.90. The van der Waals surface area contributed by atoms with Crippen molar-refractivity contribution in [1.82, 2.24) is 0 Å². The molecule has 0 heterocycles. The minimum absolute atomic E-state index is 0. The van der Waals surface area contributed by atoms with Crippen LogP contribution in [0.4, 0.5) is 0 Å². The molecule has 0 saturated heterocycles. The molecule has 4 aromatic rings. The molecule has 2 aliphatic rings. The van der Waals surface area contributed by atoms with Crippen molar-refractivity contribution in [3.05, 3.63) is 101 Å². The molecule has 0 radical (unpaired) electrons. The Morgan fingerprint density at radius 2 is 1.09 bits per heavy atom. The second-order valence-corrected chi connectivity index (χ2v) is 18.2. The molecule has 2 nitrogen and oxygen atoms in total. The van der Waals surface area contributed by atoms with Crippen molar-refractivity contribution in [1.29, 1.82) is 0 Å². The first-order chi connectivity index (χ1) is 21.9. The molecule has 2 fully saturated rings. The minimum atomic E-state index is -0.696. The minimum Gasteiger partial charge on any atom is -0.496 e. The Kier molecular flexibility index (Phi) is 14.5. The number of aryl methyl sites for hydroxylation is 4. The third-order valence-corrected chi connectivity index (χ3v) is 16.0. The largest absolute Gasteiger partial charge is 2.00 e. The van der Waals surface area contributed by atoms with E-state index < -0.39 is 7.92 Å². The summed E-state index contributed by atoms with van der Waals surface area (Å²) in [5.74, 6) is 2.03. The van der Waals surface area contributed by atoms with Crippen LogP contribution in [0.2, 0.25) is 0 Å². The van der Waals surface area contributed by atoms with Crippen LogP contribution in [0.3, 0.4) is 0 Å². The predicted molar refractivity (Wildman–Crippen MR) is 199 cm³/mol. The predicted octanol–water partition coefficient (Wildman–Crippen LogP) is 10.5. The van der Waals surface area contributed by atoms with Crippen LogP contribution in [0.25, 0.3) is 0 Å². The topological polar surface area (TPSA) is 18.5 Å². The molecule has 0 aromatic heterocycles. The van der Waals surface area contributed by atoms with E-state index in [1.54, 1.807) is 25.1 Å². The Balaban J connectivity index is 0.000000731. The fourth-order valence-electron chi connectivity index (χ4n) is 7.88. The third kappa shape index (κ3) is 8.97. The Morgan fingerprint density at radius 1 is 0.652 bits per heavy atom. The van der Waals surface area contributed by atoms with Gasteiger partial charge in [0.2, 0.25) is 0 Å². The maximum absolute atomic E-state index is 5.78. The summed E-state index contributed by atoms with van der Waals surface area (Å²) in [6, 6.07) is 26.9. The molecule has 0 unspecified atom stereocenters. The number of methoxy groups -OCH3 is 2. The average molecular weight is 697 g/mol. The van der Waals surface area contributed by atoms with Crippen LogP contribution < -0.4 is 25.4 Å². The Morgan fingerprint density at radius 3 is 1.46 bits per heavy atom. The molecule has 6 rings (SSSR count). The van der Waals surface area contributed by atoms with Gasteiger partial charge >= 0.3 is 17.1 Å². The Labute approximate surface area is 292 Å². The van der Waals surface area contributed by atoms with Gasteiger partial charge < -0.3 is 9.47 Å². The van der Waals surface area contributed by atoms with Gasteiger partial charge in [0, 0.05) is 0 Å². The van der Waals surface area contributed by atoms with Gasteiger partial charge in [-0.25, -0.2) is 18.2 Å². The maximum Gasteiger partial charge on any atom is 2.00 e. The number of ether oxygens (including phenoxy) is 2. The number of hydrogen-bond donors (Lipinski definition) is 0. The summed E-state index contributed by atoms with van der Waals surface area (Å²) in [5, 5.41) is 4.44. The molecule has 5 heteroatoms. The van der Waals surface area contributed by atoms with Gasteiger partial charge in [0.1, 0.15) is 11.5 Å². The van der Waals surface area contributed by atoms with Gasteiger partial charge in [-0.1, -0.05) is 44.7 Å². The molecule has 248 valence electrons. The molecule has 0 atom stereocenters. The average Bonchev–Trinajstić information content (AvgIpc) is 3.77. The zero-order chi connectivity index (χ0) is 31.8. The van der Waals surface area contributed by atoms with Gasteiger partial charge in [-0.05, 0) is 130 Å². The van der Waals surface area contributed by atoms with Gasteiger partial charge in [0.15, 0.2) is 0 Å². The van der Waals surface area contributed by atoms with E-state index in [1.165, 1.54) is 103 Å². The van der Waals surface area contributed by atoms with Crippen molar-refractivity contribution in [3.63, 3.8) is 0 Å². The van der Waals surface area contributed by atoms with E-state index in [-0.39, 0.29) is 25.0 Å². The monoisotopic (exact) mass is 696 g/mol. The van der Waals surface area contributed by atoms with Crippen LogP contribution in [0.1, 0.15) is 92.0 Å². The molecular weight excluding hydrogens is 642 g/mol. The second kappa shape index (κ2) is 18.0. The van der Waals surface area contributed by atoms with Crippen LogP contribution in [-0.2, 0) is 23.2 Å². The van der Waals surface area contributed by atoms with Crippen LogP contribution in [0.5, 0.6) is 11.5 Å². The summed E-state index contributed by atoms with van der Waals surface area (Å²) in [4.78, 5) is 0. The van der Waals surface area contributed by atoms with E-state index in [2.05, 4.69) is 70.2 Å². The van der Waals surface area contributed by atoms with Crippen LogP contribution in [0.15, 0.2) is 72.8 Å². The SMILES string of the molecule is COc1c(C)cc(P(c2cc(C)c(OC)c(C)c2)c2[cH-]ccc2CP(C2CCCCC2)C2CCCCC2)cc1C.[Fe+2].c1cc[cH-]c1. The van der Waals surface area contributed by atoms with Gasteiger partial charge in [0.05, 0.1) is 14.2 Å². The van der Waals surface area contributed by atoms with Crippen molar-refractivity contribution in [3.8, 4) is 11.5 Å². The standard InChI is InChI=1S/C36H49O2P2.C5H5.Fe/c1-25-20-32(21-26(2)35(25)37-5)40(33-22-27(3)36(38-6)28(4)23-33)34-19-13-14-29(34)24-39(30-15-9-7-10-16-30)31-17-11-8-12-18-31;1-2-4-5-3-1;/h13-14,19-23,30-31H,7-12,15-18,24H2,1-6H3;1-5H;/q2*-1;+2. The number of hydrogen-bond acceptors (Lipinski definition) is 2. The van der Waals surface area contributed by atoms with Gasteiger partial charge in [0.25, 0.3) is 0 Å². The van der Waals surface area contributed by atoms with Gasteiger partial charge in [-0.15, -0.1) is 13.2 Å². The van der Waals surface area contributed by atoms with Crippen molar-refractivity contribution < 1.29 is 26.5 Å². The van der Waals surface area contributed by atoms with E-state index in [0.29, 0.717) is 0 Å². The fraction of sp³-hybridized carbons (Fsp3) is 0.463. The summed E-state index contributed by atoms with van der Waals surface area (Å²) in [5.41, 5.74) is 8.48. The Hall–Kier alpha value is -1.88. The first kappa shape index (κ1) is 36.9. The molecule has 2 saturated carbocycles. The fourth-order valence-corrected chi connectivity index (χ4v) is 14.7. The number of benzene rings is 2. The van der Waals surface area contributed by atoms with Crippen LogP contribution >= 0.6 is 15.8 Å². The van der Waals surface area contributed by atoms with E-state index in [9.17, 15) is 0 Å². The quantitative estimate of drug-likeness (QED) is 0.0986. The first-order valence-corrected chi connectivity index (χ1v) is 20.2. The molecule has 4 aromatic carbocycles. The Bertz CT molecular complexity index is 1340. The molecule has 2 aliphatic carbocycles. The molecular formula is C41H54FeO2P2. The van der Waals surface area contributed by atoms with Crippen molar-refractivity contribution >= 4 is 31.8 Å². The summed E-state index contributed by atoms with van der Waals surface area (Å²) in [6.45, 7) is 8.80. The van der Waals surface area contributed by atoms with E-state index in [1.807, 2.05) is 30.3 Å². The van der Waals surface area contributed by atoms with Crippen LogP contribution in [0, 0.1) is 27.7 Å². The smallest absolute Gasteiger partial charge is 0.496 e. The van der Waals surface area contributed by atoms with Crippen LogP contribution in [-0.4, -0.2) is 25.5 Å². The summed E-state index contributed by atoms with van der Waals surface area (Å²) < 4.78 is 11.6. The summed E-state index contributed by atoms with van der Waals surface area (Å²) >= 11 is 0. The van der Waals surface area contributed by atoms with E-state index >= 15 is 0 Å². The number of rotatable bonds is 9. The normalized spacial score (nSPS) is 15.7. The molecule has 0 N–H and O–H groups in total. The zero-order valence-electron chi connectivity index (χ0n) is 28.9. The van der Waals surface area contributed by atoms with Gasteiger partial charge in [-0.3, -0.25) is 0 Å². The molecule has 0 bridgehead atoms. The summed E-state index contributed by atoms with van der Waals surface area (Å²) in [6.07, 6.45) is 15.9. The van der Waals surface area contributed by atoms with Crippen molar-refractivity contribution in [2.24, 2.45) is 0 Å². The van der Waals surface area contributed by atoms with Gasteiger partial charge in [-0.2, -0.15) is 35.9 Å². The second-order valence-electron chi connectivity index (χ2n) is 13.2. The third-order valence-electron chi connectivity index (χ3n) is 9.93. The van der Waals surface area contributed by atoms with Crippen molar-refractivity contribution in [2.75, 3.05) is 14.2 Å². The maximum atomic E-state index is 5.78.